The molecule has 0 aliphatic carbocycles. The normalized spacial score (nSPS) is 12.1. The molecule has 1 aromatic rings. The van der Waals surface area contributed by atoms with Gasteiger partial charge in [0.2, 0.25) is 0 Å². The molecule has 1 nitrogen and oxygen atoms in total. The summed E-state index contributed by atoms with van der Waals surface area (Å²) in [6.07, 6.45) is -3.35. The first kappa shape index (κ1) is 13.0. The standard InChI is InChI=1S/C12H16F3N/c1-3-10-5-7-11(8-6-10)9-16(4-2)12(13,14)15/h5-8H,3-4,9H2,1-2H3. The van der Waals surface area contributed by atoms with Gasteiger partial charge in [-0.25, -0.2) is 4.90 Å². The van der Waals surface area contributed by atoms with Gasteiger partial charge in [0.25, 0.3) is 0 Å². The van der Waals surface area contributed by atoms with E-state index in [0.29, 0.717) is 10.5 Å². The lowest BCUT2D eigenvalue weighted by Gasteiger charge is -2.23. The maximum atomic E-state index is 12.5. The molecule has 16 heavy (non-hydrogen) atoms. The average Bonchev–Trinajstić information content (AvgIpc) is 2.25. The van der Waals surface area contributed by atoms with Gasteiger partial charge >= 0.3 is 6.30 Å². The number of alkyl halides is 3. The van der Waals surface area contributed by atoms with Crippen LogP contribution in [-0.4, -0.2) is 17.7 Å². The second-order valence-corrected chi connectivity index (χ2v) is 3.65. The van der Waals surface area contributed by atoms with Crippen LogP contribution in [-0.2, 0) is 13.0 Å². The Bertz CT molecular complexity index is 316. The van der Waals surface area contributed by atoms with E-state index < -0.39 is 6.30 Å². The predicted molar refractivity (Wildman–Crippen MR) is 58.0 cm³/mol. The summed E-state index contributed by atoms with van der Waals surface area (Å²) in [6, 6.07) is 7.26. The van der Waals surface area contributed by atoms with E-state index in [1.165, 1.54) is 6.92 Å². The monoisotopic (exact) mass is 231 g/mol. The highest BCUT2D eigenvalue weighted by atomic mass is 19.4. The van der Waals surface area contributed by atoms with Crippen LogP contribution in [0.5, 0.6) is 0 Å². The fraction of sp³-hybridized carbons (Fsp3) is 0.500. The lowest BCUT2D eigenvalue weighted by atomic mass is 10.1. The minimum atomic E-state index is -4.25. The van der Waals surface area contributed by atoms with E-state index in [2.05, 4.69) is 0 Å². The molecule has 0 spiro atoms. The van der Waals surface area contributed by atoms with E-state index >= 15 is 0 Å². The van der Waals surface area contributed by atoms with Crippen molar-refractivity contribution in [1.29, 1.82) is 0 Å². The summed E-state index contributed by atoms with van der Waals surface area (Å²) in [5.74, 6) is 0. The second-order valence-electron chi connectivity index (χ2n) is 3.65. The lowest BCUT2D eigenvalue weighted by molar-refractivity contribution is -0.247. The van der Waals surface area contributed by atoms with Gasteiger partial charge in [-0.2, -0.15) is 13.2 Å². The van der Waals surface area contributed by atoms with Crippen LogP contribution in [0.2, 0.25) is 0 Å². The fourth-order valence-corrected chi connectivity index (χ4v) is 1.48. The molecule has 0 amide bonds. The van der Waals surface area contributed by atoms with Crippen LogP contribution in [0.15, 0.2) is 24.3 Å². The molecule has 0 saturated carbocycles. The first-order valence-corrected chi connectivity index (χ1v) is 5.37. The molecule has 0 atom stereocenters. The fourth-order valence-electron chi connectivity index (χ4n) is 1.48. The van der Waals surface area contributed by atoms with Gasteiger partial charge < -0.3 is 0 Å². The molecule has 0 saturated heterocycles. The molecule has 0 radical (unpaired) electrons. The number of benzene rings is 1. The summed E-state index contributed by atoms with van der Waals surface area (Å²) in [5, 5.41) is 0. The van der Waals surface area contributed by atoms with Gasteiger partial charge in [0.1, 0.15) is 0 Å². The van der Waals surface area contributed by atoms with E-state index in [9.17, 15) is 13.2 Å². The van der Waals surface area contributed by atoms with Crippen LogP contribution in [0, 0.1) is 0 Å². The van der Waals surface area contributed by atoms with Crippen molar-refractivity contribution in [2.75, 3.05) is 6.54 Å². The van der Waals surface area contributed by atoms with Gasteiger partial charge in [-0.15, -0.1) is 0 Å². The van der Waals surface area contributed by atoms with E-state index in [4.69, 9.17) is 0 Å². The quantitative estimate of drug-likeness (QED) is 0.716. The number of hydrogen-bond donors (Lipinski definition) is 0. The Morgan fingerprint density at radius 3 is 1.88 bits per heavy atom. The summed E-state index contributed by atoms with van der Waals surface area (Å²) in [5.41, 5.74) is 1.83. The molecule has 0 aliphatic rings. The lowest BCUT2D eigenvalue weighted by Crippen LogP contribution is -2.37. The average molecular weight is 231 g/mol. The Labute approximate surface area is 93.9 Å². The molecule has 0 N–H and O–H groups in total. The molecule has 4 heteroatoms. The maximum Gasteiger partial charge on any atom is 0.460 e. The summed E-state index contributed by atoms with van der Waals surface area (Å²) in [7, 11) is 0. The summed E-state index contributed by atoms with van der Waals surface area (Å²) >= 11 is 0. The highest BCUT2D eigenvalue weighted by Crippen LogP contribution is 2.23. The minimum Gasteiger partial charge on any atom is -0.210 e. The van der Waals surface area contributed by atoms with Gasteiger partial charge in [-0.1, -0.05) is 38.1 Å². The van der Waals surface area contributed by atoms with Crippen molar-refractivity contribution in [3.63, 3.8) is 0 Å². The molecule has 0 heterocycles. The third-order valence-corrected chi connectivity index (χ3v) is 2.54. The minimum absolute atomic E-state index is 0.0287. The Morgan fingerprint density at radius 1 is 1.00 bits per heavy atom. The molecular formula is C12H16F3N. The second kappa shape index (κ2) is 5.34. The highest BCUT2D eigenvalue weighted by molar-refractivity contribution is 5.22. The van der Waals surface area contributed by atoms with Crippen LogP contribution in [0.4, 0.5) is 13.2 Å². The zero-order valence-electron chi connectivity index (χ0n) is 9.51. The van der Waals surface area contributed by atoms with Crippen molar-refractivity contribution in [2.24, 2.45) is 0 Å². The van der Waals surface area contributed by atoms with Crippen LogP contribution in [0.25, 0.3) is 0 Å². The van der Waals surface area contributed by atoms with Crippen LogP contribution in [0.3, 0.4) is 0 Å². The van der Waals surface area contributed by atoms with Crippen molar-refractivity contribution >= 4 is 0 Å². The van der Waals surface area contributed by atoms with Crippen molar-refractivity contribution in [3.8, 4) is 0 Å². The van der Waals surface area contributed by atoms with E-state index in [1.54, 1.807) is 12.1 Å². The van der Waals surface area contributed by atoms with Crippen LogP contribution < -0.4 is 0 Å². The molecular weight excluding hydrogens is 215 g/mol. The van der Waals surface area contributed by atoms with Crippen molar-refractivity contribution in [3.05, 3.63) is 35.4 Å². The van der Waals surface area contributed by atoms with E-state index in [0.717, 1.165) is 12.0 Å². The largest absolute Gasteiger partial charge is 0.460 e. The van der Waals surface area contributed by atoms with E-state index in [-0.39, 0.29) is 13.1 Å². The Hall–Kier alpha value is -1.03. The van der Waals surface area contributed by atoms with Gasteiger partial charge in [0.15, 0.2) is 0 Å². The number of halogens is 3. The third-order valence-electron chi connectivity index (χ3n) is 2.54. The predicted octanol–water partition coefficient (Wildman–Crippen LogP) is 3.59. The Morgan fingerprint density at radius 2 is 1.50 bits per heavy atom. The molecule has 0 aromatic heterocycles. The zero-order valence-corrected chi connectivity index (χ0v) is 9.51. The Kier molecular flexibility index (Phi) is 4.35. The number of nitrogens with zero attached hydrogens (tertiary/aromatic N) is 1. The molecule has 0 fully saturated rings. The molecule has 1 aromatic carbocycles. The molecule has 1 rings (SSSR count). The number of rotatable bonds is 4. The molecule has 0 unspecified atom stereocenters. The molecule has 0 bridgehead atoms. The topological polar surface area (TPSA) is 3.24 Å². The van der Waals surface area contributed by atoms with Crippen LogP contribution >= 0.6 is 0 Å². The summed E-state index contributed by atoms with van der Waals surface area (Å²) in [4.78, 5) is 0.494. The highest BCUT2D eigenvalue weighted by Gasteiger charge is 2.35. The first-order valence-electron chi connectivity index (χ1n) is 5.37. The summed E-state index contributed by atoms with van der Waals surface area (Å²) in [6.45, 7) is 3.42. The Balaban J connectivity index is 2.71. The maximum absolute atomic E-state index is 12.5. The van der Waals surface area contributed by atoms with Gasteiger partial charge in [-0.05, 0) is 17.5 Å². The smallest absolute Gasteiger partial charge is 0.210 e. The molecule has 0 aliphatic heterocycles. The number of hydrogen-bond acceptors (Lipinski definition) is 1. The van der Waals surface area contributed by atoms with Gasteiger partial charge in [0.05, 0.1) is 0 Å². The summed E-state index contributed by atoms with van der Waals surface area (Å²) < 4.78 is 37.4. The van der Waals surface area contributed by atoms with Crippen molar-refractivity contribution in [2.45, 2.75) is 33.1 Å². The molecule has 90 valence electrons. The van der Waals surface area contributed by atoms with Crippen molar-refractivity contribution in [1.82, 2.24) is 4.90 Å². The first-order chi connectivity index (χ1) is 7.47. The third kappa shape index (κ3) is 3.52. The SMILES string of the molecule is CCc1ccc(CN(CC)C(F)(F)F)cc1. The van der Waals surface area contributed by atoms with Crippen molar-refractivity contribution < 1.29 is 13.2 Å². The van der Waals surface area contributed by atoms with Crippen LogP contribution in [0.1, 0.15) is 25.0 Å². The number of aryl methyl sites for hydroxylation is 1. The van der Waals surface area contributed by atoms with Gasteiger partial charge in [0, 0.05) is 13.1 Å². The zero-order chi connectivity index (χ0) is 12.2. The van der Waals surface area contributed by atoms with Gasteiger partial charge in [-0.3, -0.25) is 0 Å². The van der Waals surface area contributed by atoms with E-state index in [1.807, 2.05) is 19.1 Å².